The first-order valence-corrected chi connectivity index (χ1v) is 5.05. The molecule has 4 atom stereocenters. The lowest BCUT2D eigenvalue weighted by molar-refractivity contribution is 0.0930. The van der Waals surface area contributed by atoms with Gasteiger partial charge in [-0.15, -0.1) is 0 Å². The van der Waals surface area contributed by atoms with Crippen molar-refractivity contribution in [2.24, 2.45) is 11.3 Å². The van der Waals surface area contributed by atoms with E-state index in [9.17, 15) is 0 Å². The van der Waals surface area contributed by atoms with Crippen LogP contribution in [-0.2, 0) is 0 Å². The maximum absolute atomic E-state index is 8.20. The van der Waals surface area contributed by atoms with Crippen molar-refractivity contribution in [1.82, 2.24) is 4.90 Å². The van der Waals surface area contributed by atoms with Crippen LogP contribution in [0, 0.1) is 11.3 Å². The predicted octanol–water partition coefficient (Wildman–Crippen LogP) is 3.15. The fraction of sp³-hybridized carbons (Fsp3) is 1.00. The molecule has 4 unspecified atom stereocenters. The number of nitrogens with zero attached hydrogens (tertiary/aromatic N) is 1. The van der Waals surface area contributed by atoms with Gasteiger partial charge in [0.25, 0.3) is 0 Å². The van der Waals surface area contributed by atoms with Crippen LogP contribution in [0.5, 0.6) is 0 Å². The molecule has 0 N–H and O–H groups in total. The second-order valence-electron chi connectivity index (χ2n) is 5.12. The summed E-state index contributed by atoms with van der Waals surface area (Å²) in [5.74, 6) is -0.220. The van der Waals surface area contributed by atoms with Gasteiger partial charge in [0.15, 0.2) is 0 Å². The van der Waals surface area contributed by atoms with E-state index in [2.05, 4.69) is 0 Å². The fourth-order valence-corrected chi connectivity index (χ4v) is 1.42. The molecule has 0 radical (unpaired) electrons. The van der Waals surface area contributed by atoms with Gasteiger partial charge in [-0.3, -0.25) is 0 Å². The summed E-state index contributed by atoms with van der Waals surface area (Å²) in [6, 6.07) is 0.0432. The number of hydrogen-bond acceptors (Lipinski definition) is 1. The van der Waals surface area contributed by atoms with Gasteiger partial charge >= 0.3 is 0 Å². The van der Waals surface area contributed by atoms with Crippen LogP contribution in [-0.4, -0.2) is 24.0 Å². The van der Waals surface area contributed by atoms with Gasteiger partial charge < -0.3 is 4.90 Å². The third-order valence-electron chi connectivity index (χ3n) is 2.53. The molecule has 0 amide bonds. The highest BCUT2D eigenvalue weighted by molar-refractivity contribution is 4.81. The predicted molar refractivity (Wildman–Crippen MR) is 58.9 cm³/mol. The van der Waals surface area contributed by atoms with Crippen LogP contribution in [0.2, 0.25) is 0 Å². The maximum Gasteiger partial charge on any atom is 0.0431 e. The van der Waals surface area contributed by atoms with E-state index in [-0.39, 0.29) is 17.4 Å². The molecule has 1 aliphatic rings. The van der Waals surface area contributed by atoms with E-state index in [0.717, 1.165) is 0 Å². The van der Waals surface area contributed by atoms with Gasteiger partial charge in [0.2, 0.25) is 0 Å². The van der Waals surface area contributed by atoms with Crippen LogP contribution in [0.4, 0.5) is 0 Å². The van der Waals surface area contributed by atoms with Gasteiger partial charge in [0, 0.05) is 11.5 Å². The summed E-state index contributed by atoms with van der Waals surface area (Å²) in [7, 11) is 0. The lowest BCUT2D eigenvalue weighted by atomic mass is 9.75. The van der Waals surface area contributed by atoms with Crippen molar-refractivity contribution in [2.75, 3.05) is 13.0 Å². The van der Waals surface area contributed by atoms with Crippen molar-refractivity contribution in [2.45, 2.75) is 53.5 Å². The van der Waals surface area contributed by atoms with Crippen LogP contribution < -0.4 is 0 Å². The Balaban J connectivity index is 3.03. The highest BCUT2D eigenvalue weighted by Crippen LogP contribution is 2.34. The first-order valence-electron chi connectivity index (χ1n) is 7.36. The Kier molecular flexibility index (Phi) is 1.98. The van der Waals surface area contributed by atoms with Crippen LogP contribution in [0.1, 0.15) is 52.9 Å². The van der Waals surface area contributed by atoms with Gasteiger partial charge in [-0.05, 0) is 51.0 Å². The van der Waals surface area contributed by atoms with Crippen LogP contribution in [0.25, 0.3) is 0 Å². The fourth-order valence-electron chi connectivity index (χ4n) is 1.42. The summed E-state index contributed by atoms with van der Waals surface area (Å²) in [6.45, 7) is 8.49. The maximum atomic E-state index is 8.20. The van der Waals surface area contributed by atoms with Gasteiger partial charge in [-0.25, -0.2) is 0 Å². The van der Waals surface area contributed by atoms with E-state index in [4.69, 9.17) is 5.48 Å². The third kappa shape index (κ3) is 2.98. The molecular weight excluding hydrogens is 158 g/mol. The molecule has 0 spiro atoms. The lowest BCUT2D eigenvalue weighted by Gasteiger charge is -2.40. The quantitative estimate of drug-likeness (QED) is 0.609. The Bertz CT molecular complexity index is 248. The van der Waals surface area contributed by atoms with E-state index in [1.54, 1.807) is 4.90 Å². The Hall–Kier alpha value is -0.0400. The summed E-state index contributed by atoms with van der Waals surface area (Å²) in [5.41, 5.74) is -0.194. The standard InChI is InChI=1S/C12H25N/c1-10(2)13-8-6-11(7-9-13)12(3,4)5/h10-11H,6-9H2,1-5H3/i6D,7D,8D,9D. The Morgan fingerprint density at radius 3 is 2.00 bits per heavy atom. The second-order valence-corrected chi connectivity index (χ2v) is 5.12. The van der Waals surface area contributed by atoms with Crippen LogP contribution in [0.3, 0.4) is 0 Å². The molecule has 78 valence electrons. The first-order chi connectivity index (χ1) is 7.59. The third-order valence-corrected chi connectivity index (χ3v) is 2.53. The Morgan fingerprint density at radius 2 is 1.69 bits per heavy atom. The highest BCUT2D eigenvalue weighted by Gasteiger charge is 2.29. The highest BCUT2D eigenvalue weighted by atomic mass is 15.1. The lowest BCUT2D eigenvalue weighted by Crippen LogP contribution is -2.41. The first kappa shape index (κ1) is 6.44. The normalized spacial score (nSPS) is 53.8. The smallest absolute Gasteiger partial charge is 0.0431 e. The van der Waals surface area contributed by atoms with E-state index in [1.807, 2.05) is 34.6 Å². The minimum absolute atomic E-state index is 0.0432. The molecule has 0 saturated carbocycles. The van der Waals surface area contributed by atoms with Crippen molar-refractivity contribution in [3.63, 3.8) is 0 Å². The summed E-state index contributed by atoms with van der Waals surface area (Å²) in [4.78, 5) is 1.68. The molecule has 1 heteroatoms. The zero-order valence-electron chi connectivity index (χ0n) is 13.4. The van der Waals surface area contributed by atoms with Crippen molar-refractivity contribution in [1.29, 1.82) is 0 Å². The average molecular weight is 187 g/mol. The van der Waals surface area contributed by atoms with Gasteiger partial charge in [0.1, 0.15) is 0 Å². The van der Waals surface area contributed by atoms with Crippen molar-refractivity contribution < 1.29 is 5.48 Å². The minimum Gasteiger partial charge on any atom is -0.301 e. The van der Waals surface area contributed by atoms with Gasteiger partial charge in [-0.2, -0.15) is 0 Å². The molecule has 1 aliphatic heterocycles. The summed E-state index contributed by atoms with van der Waals surface area (Å²) >= 11 is 0. The largest absolute Gasteiger partial charge is 0.301 e. The zero-order valence-corrected chi connectivity index (χ0v) is 9.41. The molecule has 1 rings (SSSR count). The van der Waals surface area contributed by atoms with E-state index < -0.39 is 25.8 Å². The summed E-state index contributed by atoms with van der Waals surface area (Å²) < 4.78 is 32.7. The Labute approximate surface area is 89.1 Å². The monoisotopic (exact) mass is 187 g/mol. The van der Waals surface area contributed by atoms with Gasteiger partial charge in [0.05, 0.1) is 0 Å². The molecule has 0 aliphatic carbocycles. The number of rotatable bonds is 1. The van der Waals surface area contributed by atoms with Crippen molar-refractivity contribution >= 4 is 0 Å². The molecule has 0 bridgehead atoms. The Morgan fingerprint density at radius 1 is 1.23 bits per heavy atom. The number of piperidine rings is 1. The molecule has 0 aromatic carbocycles. The van der Waals surface area contributed by atoms with Crippen LogP contribution >= 0.6 is 0 Å². The van der Waals surface area contributed by atoms with Crippen molar-refractivity contribution in [3.8, 4) is 0 Å². The minimum atomic E-state index is -0.691. The summed E-state index contributed by atoms with van der Waals surface area (Å²) in [6.07, 6.45) is -1.22. The number of hydrogen-bond donors (Lipinski definition) is 0. The zero-order chi connectivity index (χ0) is 13.5. The average Bonchev–Trinajstić information content (AvgIpc) is 2.12. The molecule has 13 heavy (non-hydrogen) atoms. The summed E-state index contributed by atoms with van der Waals surface area (Å²) in [5, 5.41) is 0. The van der Waals surface area contributed by atoms with E-state index in [1.165, 1.54) is 0 Å². The second kappa shape index (κ2) is 4.00. The molecule has 0 aromatic heterocycles. The molecule has 1 fully saturated rings. The van der Waals surface area contributed by atoms with Crippen LogP contribution in [0.15, 0.2) is 0 Å². The van der Waals surface area contributed by atoms with Crippen molar-refractivity contribution in [3.05, 3.63) is 0 Å². The van der Waals surface area contributed by atoms with E-state index >= 15 is 0 Å². The molecule has 1 nitrogen and oxygen atoms in total. The SMILES string of the molecule is [2H]C1C([2H])N(C(C)C)C([2H])C([2H])C1C(C)(C)C. The molecular formula is C12H25N. The van der Waals surface area contributed by atoms with Gasteiger partial charge in [-0.1, -0.05) is 20.8 Å². The number of likely N-dealkylation sites (tertiary alicyclic amines) is 1. The molecule has 1 heterocycles. The van der Waals surface area contributed by atoms with E-state index in [0.29, 0.717) is 0 Å². The molecule has 0 aromatic rings. The topological polar surface area (TPSA) is 3.24 Å². The molecule has 1 saturated heterocycles.